The van der Waals surface area contributed by atoms with Crippen molar-refractivity contribution in [2.24, 2.45) is 0 Å². The van der Waals surface area contributed by atoms with Gasteiger partial charge < -0.3 is 9.84 Å². The normalized spacial score (nSPS) is 26.4. The highest BCUT2D eigenvalue weighted by Gasteiger charge is 2.43. The summed E-state index contributed by atoms with van der Waals surface area (Å²) in [5.41, 5.74) is 0. The molecule has 0 amide bonds. The van der Waals surface area contributed by atoms with Gasteiger partial charge in [-0.05, 0) is 13.8 Å². The highest BCUT2D eigenvalue weighted by molar-refractivity contribution is 7.87. The molecule has 1 rings (SSSR count). The molecule has 0 radical (unpaired) electrons. The molecule has 0 aromatic rings. The van der Waals surface area contributed by atoms with Crippen LogP contribution in [0.15, 0.2) is 0 Å². The second kappa shape index (κ2) is 5.30. The molecule has 1 heterocycles. The molecule has 0 aliphatic carbocycles. The maximum absolute atomic E-state index is 11.9. The number of aliphatic hydroxyl groups is 1. The first-order valence-electron chi connectivity index (χ1n) is 5.33. The number of methoxy groups -OCH3 is 1. The second-order valence-electron chi connectivity index (χ2n) is 4.28. The minimum absolute atomic E-state index is 0.0612. The van der Waals surface area contributed by atoms with Crippen molar-refractivity contribution >= 4 is 16.2 Å². The van der Waals surface area contributed by atoms with Gasteiger partial charge in [-0.1, -0.05) is 0 Å². The summed E-state index contributed by atoms with van der Waals surface area (Å²) in [5, 5.41) is 9.47. The minimum atomic E-state index is -3.77. The van der Waals surface area contributed by atoms with Gasteiger partial charge in [0.1, 0.15) is 6.04 Å². The fourth-order valence-corrected chi connectivity index (χ4v) is 3.37. The van der Waals surface area contributed by atoms with Crippen LogP contribution in [-0.4, -0.2) is 55.6 Å². The summed E-state index contributed by atoms with van der Waals surface area (Å²) in [7, 11) is -2.59. The summed E-state index contributed by atoms with van der Waals surface area (Å²) in [6, 6.07) is -1.23. The van der Waals surface area contributed by atoms with Gasteiger partial charge >= 0.3 is 5.97 Å². The van der Waals surface area contributed by atoms with Crippen molar-refractivity contribution in [3.05, 3.63) is 0 Å². The molecule has 1 aliphatic heterocycles. The zero-order valence-electron chi connectivity index (χ0n) is 10.1. The third-order valence-corrected chi connectivity index (χ3v) is 4.19. The Morgan fingerprint density at radius 1 is 1.53 bits per heavy atom. The number of rotatable bonds is 4. The van der Waals surface area contributed by atoms with E-state index in [9.17, 15) is 18.3 Å². The van der Waals surface area contributed by atoms with Crippen LogP contribution in [-0.2, 0) is 19.7 Å². The van der Waals surface area contributed by atoms with E-state index in [1.165, 1.54) is 7.11 Å². The Morgan fingerprint density at radius 2 is 2.12 bits per heavy atom. The summed E-state index contributed by atoms with van der Waals surface area (Å²) in [6.07, 6.45) is -0.783. The fourth-order valence-electron chi connectivity index (χ4n) is 1.77. The predicted octanol–water partition coefficient (Wildman–Crippen LogP) is -1.16. The van der Waals surface area contributed by atoms with Crippen LogP contribution in [0.1, 0.15) is 20.3 Å². The summed E-state index contributed by atoms with van der Waals surface area (Å²) < 4.78 is 31.7. The first kappa shape index (κ1) is 14.4. The van der Waals surface area contributed by atoms with Gasteiger partial charge in [-0.25, -0.2) is 0 Å². The van der Waals surface area contributed by atoms with Gasteiger partial charge in [0.2, 0.25) is 0 Å². The van der Waals surface area contributed by atoms with E-state index in [1.54, 1.807) is 13.8 Å². The van der Waals surface area contributed by atoms with Crippen LogP contribution in [0.5, 0.6) is 0 Å². The van der Waals surface area contributed by atoms with E-state index in [2.05, 4.69) is 9.46 Å². The molecule has 100 valence electrons. The van der Waals surface area contributed by atoms with E-state index in [0.717, 1.165) is 4.31 Å². The van der Waals surface area contributed by atoms with Crippen LogP contribution in [0.25, 0.3) is 0 Å². The standard InChI is InChI=1S/C9H18N2O5S/c1-6(2)10-17(14,15)11-5-7(12)4-8(11)9(13)16-3/h6-8,10,12H,4-5H2,1-3H3. The SMILES string of the molecule is COC(=O)C1CC(O)CN1S(=O)(=O)NC(C)C. The molecule has 0 aromatic carbocycles. The van der Waals surface area contributed by atoms with Crippen LogP contribution in [0.4, 0.5) is 0 Å². The van der Waals surface area contributed by atoms with Gasteiger partial charge in [0.15, 0.2) is 0 Å². The van der Waals surface area contributed by atoms with E-state index in [4.69, 9.17) is 0 Å². The largest absolute Gasteiger partial charge is 0.468 e. The predicted molar refractivity (Wildman–Crippen MR) is 60.3 cm³/mol. The number of carbonyl (C=O) groups is 1. The second-order valence-corrected chi connectivity index (χ2v) is 5.93. The molecule has 1 fully saturated rings. The van der Waals surface area contributed by atoms with E-state index in [1.807, 2.05) is 0 Å². The van der Waals surface area contributed by atoms with Crippen LogP contribution >= 0.6 is 0 Å². The molecular formula is C9H18N2O5S. The lowest BCUT2D eigenvalue weighted by Gasteiger charge is -2.23. The monoisotopic (exact) mass is 266 g/mol. The number of hydrogen-bond donors (Lipinski definition) is 2. The third kappa shape index (κ3) is 3.38. The summed E-state index contributed by atoms with van der Waals surface area (Å²) in [4.78, 5) is 11.4. The number of carbonyl (C=O) groups excluding carboxylic acids is 1. The average molecular weight is 266 g/mol. The van der Waals surface area contributed by atoms with Crippen molar-refractivity contribution in [3.63, 3.8) is 0 Å². The third-order valence-electron chi connectivity index (χ3n) is 2.40. The van der Waals surface area contributed by atoms with E-state index in [0.29, 0.717) is 0 Å². The first-order valence-corrected chi connectivity index (χ1v) is 6.77. The van der Waals surface area contributed by atoms with Crippen LogP contribution < -0.4 is 4.72 Å². The molecule has 17 heavy (non-hydrogen) atoms. The Hall–Kier alpha value is -0.700. The van der Waals surface area contributed by atoms with E-state index >= 15 is 0 Å². The number of nitrogens with zero attached hydrogens (tertiary/aromatic N) is 1. The molecule has 0 saturated carbocycles. The Kier molecular flexibility index (Phi) is 4.48. The van der Waals surface area contributed by atoms with Crippen LogP contribution in [0.3, 0.4) is 0 Å². The van der Waals surface area contributed by atoms with Crippen LogP contribution in [0.2, 0.25) is 0 Å². The smallest absolute Gasteiger partial charge is 0.324 e. The first-order chi connectivity index (χ1) is 7.77. The van der Waals surface area contributed by atoms with Gasteiger partial charge in [0.25, 0.3) is 10.2 Å². The molecule has 0 bridgehead atoms. The van der Waals surface area contributed by atoms with Crippen molar-refractivity contribution in [2.75, 3.05) is 13.7 Å². The van der Waals surface area contributed by atoms with Crippen molar-refractivity contribution in [1.29, 1.82) is 0 Å². The number of nitrogens with one attached hydrogen (secondary N) is 1. The zero-order valence-corrected chi connectivity index (χ0v) is 10.9. The fraction of sp³-hybridized carbons (Fsp3) is 0.889. The minimum Gasteiger partial charge on any atom is -0.468 e. The highest BCUT2D eigenvalue weighted by atomic mass is 32.2. The van der Waals surface area contributed by atoms with Gasteiger partial charge in [-0.15, -0.1) is 0 Å². The van der Waals surface area contributed by atoms with Crippen molar-refractivity contribution in [1.82, 2.24) is 9.03 Å². The summed E-state index contributed by atoms with van der Waals surface area (Å²) >= 11 is 0. The maximum Gasteiger partial charge on any atom is 0.324 e. The molecule has 2 N–H and O–H groups in total. The summed E-state index contributed by atoms with van der Waals surface area (Å²) in [6.45, 7) is 3.26. The summed E-state index contributed by atoms with van der Waals surface area (Å²) in [5.74, 6) is -0.657. The molecule has 2 atom stereocenters. The van der Waals surface area contributed by atoms with Crippen molar-refractivity contribution in [2.45, 2.75) is 38.5 Å². The van der Waals surface area contributed by atoms with Crippen LogP contribution in [0, 0.1) is 0 Å². The van der Waals surface area contributed by atoms with Gasteiger partial charge in [0, 0.05) is 19.0 Å². The Labute approximate surface area is 101 Å². The highest BCUT2D eigenvalue weighted by Crippen LogP contribution is 2.22. The molecule has 8 heteroatoms. The molecule has 2 unspecified atom stereocenters. The van der Waals surface area contributed by atoms with E-state index in [-0.39, 0.29) is 19.0 Å². The molecular weight excluding hydrogens is 248 g/mol. The Bertz CT molecular complexity index is 381. The van der Waals surface area contributed by atoms with Gasteiger partial charge in [-0.2, -0.15) is 17.4 Å². The van der Waals surface area contributed by atoms with Crippen molar-refractivity contribution in [3.8, 4) is 0 Å². The maximum atomic E-state index is 11.9. The number of β-amino-alcohol motifs (C(OH)–C–C–N with tert-alkyl or cyclic N) is 1. The molecule has 1 aliphatic rings. The lowest BCUT2D eigenvalue weighted by Crippen LogP contribution is -2.48. The Balaban J connectivity index is 2.91. The lowest BCUT2D eigenvalue weighted by molar-refractivity contribution is -0.144. The average Bonchev–Trinajstić information content (AvgIpc) is 2.58. The molecule has 1 saturated heterocycles. The lowest BCUT2D eigenvalue weighted by atomic mass is 10.2. The molecule has 0 aromatic heterocycles. The van der Waals surface area contributed by atoms with Gasteiger partial charge in [-0.3, -0.25) is 4.79 Å². The number of esters is 1. The van der Waals surface area contributed by atoms with E-state index < -0.39 is 28.3 Å². The molecule has 7 nitrogen and oxygen atoms in total. The number of ether oxygens (including phenoxy) is 1. The van der Waals surface area contributed by atoms with Gasteiger partial charge in [0.05, 0.1) is 13.2 Å². The number of hydrogen-bond acceptors (Lipinski definition) is 5. The topological polar surface area (TPSA) is 95.9 Å². The number of aliphatic hydroxyl groups excluding tert-OH is 1. The zero-order chi connectivity index (χ0) is 13.2. The Morgan fingerprint density at radius 3 is 2.59 bits per heavy atom. The van der Waals surface area contributed by atoms with Crippen molar-refractivity contribution < 1.29 is 23.1 Å². The molecule has 0 spiro atoms. The quantitative estimate of drug-likeness (QED) is 0.626.